The van der Waals surface area contributed by atoms with Gasteiger partial charge in [0.25, 0.3) is 5.91 Å². The van der Waals surface area contributed by atoms with E-state index in [2.05, 4.69) is 5.32 Å². The van der Waals surface area contributed by atoms with E-state index in [1.165, 1.54) is 4.57 Å². The third-order valence-corrected chi connectivity index (χ3v) is 5.27. The fourth-order valence-corrected chi connectivity index (χ4v) is 3.86. The Kier molecular flexibility index (Phi) is 5.90. The number of hydrogen-bond acceptors (Lipinski definition) is 5. The first-order valence-electron chi connectivity index (χ1n) is 10.3. The molecular weight excluding hydrogens is 398 g/mol. The summed E-state index contributed by atoms with van der Waals surface area (Å²) >= 11 is 0. The van der Waals surface area contributed by atoms with Crippen LogP contribution < -0.4 is 11.1 Å². The highest BCUT2D eigenvalue weighted by atomic mass is 16.5. The number of fused-ring (bicyclic) bond motifs is 1. The van der Waals surface area contributed by atoms with E-state index in [4.69, 9.17) is 9.15 Å². The SMILES string of the molecule is CC1CN(C(=O)c2ccc(CNC(=O)Cn3c(=O)oc4ccccc43)cc2)CC(C)O1. The van der Waals surface area contributed by atoms with Gasteiger partial charge in [-0.2, -0.15) is 0 Å². The molecule has 1 aliphatic rings. The molecule has 2 heterocycles. The summed E-state index contributed by atoms with van der Waals surface area (Å²) in [5, 5.41) is 2.80. The first kappa shape index (κ1) is 20.9. The molecule has 1 aromatic heterocycles. The lowest BCUT2D eigenvalue weighted by Crippen LogP contribution is -2.48. The zero-order valence-electron chi connectivity index (χ0n) is 17.5. The second kappa shape index (κ2) is 8.77. The van der Waals surface area contributed by atoms with Gasteiger partial charge in [-0.05, 0) is 43.7 Å². The van der Waals surface area contributed by atoms with Gasteiger partial charge in [0, 0.05) is 25.2 Å². The monoisotopic (exact) mass is 423 g/mol. The molecule has 4 rings (SSSR count). The van der Waals surface area contributed by atoms with Gasteiger partial charge in [-0.15, -0.1) is 0 Å². The minimum atomic E-state index is -0.564. The van der Waals surface area contributed by atoms with E-state index in [-0.39, 0.29) is 30.6 Å². The molecule has 31 heavy (non-hydrogen) atoms. The number of para-hydroxylation sites is 2. The first-order valence-corrected chi connectivity index (χ1v) is 10.3. The van der Waals surface area contributed by atoms with Crippen molar-refractivity contribution in [2.24, 2.45) is 0 Å². The maximum atomic E-state index is 12.7. The Morgan fingerprint density at radius 2 is 1.71 bits per heavy atom. The van der Waals surface area contributed by atoms with Gasteiger partial charge >= 0.3 is 5.76 Å². The quantitative estimate of drug-likeness (QED) is 0.679. The van der Waals surface area contributed by atoms with Crippen LogP contribution in [0.15, 0.2) is 57.7 Å². The number of carbonyl (C=O) groups excluding carboxylic acids is 2. The zero-order chi connectivity index (χ0) is 22.0. The second-order valence-corrected chi connectivity index (χ2v) is 7.86. The average molecular weight is 423 g/mol. The summed E-state index contributed by atoms with van der Waals surface area (Å²) in [5.41, 5.74) is 2.49. The number of nitrogens with one attached hydrogen (secondary N) is 1. The predicted molar refractivity (Wildman–Crippen MR) is 115 cm³/mol. The van der Waals surface area contributed by atoms with Crippen molar-refractivity contribution >= 4 is 22.9 Å². The van der Waals surface area contributed by atoms with Crippen molar-refractivity contribution in [3.8, 4) is 0 Å². The van der Waals surface area contributed by atoms with Crippen molar-refractivity contribution in [2.75, 3.05) is 13.1 Å². The highest BCUT2D eigenvalue weighted by Crippen LogP contribution is 2.15. The third-order valence-electron chi connectivity index (χ3n) is 5.27. The van der Waals surface area contributed by atoms with Gasteiger partial charge in [0.2, 0.25) is 5.91 Å². The van der Waals surface area contributed by atoms with Crippen LogP contribution in [0.3, 0.4) is 0 Å². The number of rotatable bonds is 5. The molecule has 0 bridgehead atoms. The van der Waals surface area contributed by atoms with Crippen LogP contribution in [0.4, 0.5) is 0 Å². The fourth-order valence-electron chi connectivity index (χ4n) is 3.86. The molecule has 1 aliphatic heterocycles. The predicted octanol–water partition coefficient (Wildman–Crippen LogP) is 2.16. The molecule has 8 nitrogen and oxygen atoms in total. The number of hydrogen-bond donors (Lipinski definition) is 1. The zero-order valence-corrected chi connectivity index (χ0v) is 17.5. The molecule has 8 heteroatoms. The van der Waals surface area contributed by atoms with Gasteiger partial charge in [0.05, 0.1) is 17.7 Å². The molecule has 1 saturated heterocycles. The summed E-state index contributed by atoms with van der Waals surface area (Å²) in [6.45, 7) is 5.24. The van der Waals surface area contributed by atoms with E-state index in [1.807, 2.05) is 30.9 Å². The van der Waals surface area contributed by atoms with E-state index in [0.29, 0.717) is 36.3 Å². The Morgan fingerprint density at radius 1 is 1.03 bits per heavy atom. The minimum absolute atomic E-state index is 0.0158. The van der Waals surface area contributed by atoms with E-state index in [9.17, 15) is 14.4 Å². The van der Waals surface area contributed by atoms with Crippen LogP contribution in [0, 0.1) is 0 Å². The van der Waals surface area contributed by atoms with Crippen molar-refractivity contribution < 1.29 is 18.7 Å². The van der Waals surface area contributed by atoms with Crippen LogP contribution >= 0.6 is 0 Å². The van der Waals surface area contributed by atoms with Gasteiger partial charge in [-0.1, -0.05) is 24.3 Å². The van der Waals surface area contributed by atoms with Crippen molar-refractivity contribution in [2.45, 2.75) is 39.1 Å². The highest BCUT2D eigenvalue weighted by molar-refractivity contribution is 5.94. The summed E-state index contributed by atoms with van der Waals surface area (Å²) in [6.07, 6.45) is 0.0316. The molecule has 1 N–H and O–H groups in total. The van der Waals surface area contributed by atoms with Crippen molar-refractivity contribution in [3.63, 3.8) is 0 Å². The number of morpholine rings is 1. The van der Waals surface area contributed by atoms with Crippen LogP contribution in [0.25, 0.3) is 11.1 Å². The maximum Gasteiger partial charge on any atom is 0.420 e. The van der Waals surface area contributed by atoms with Crippen molar-refractivity contribution in [1.29, 1.82) is 0 Å². The lowest BCUT2D eigenvalue weighted by molar-refractivity contribution is -0.121. The molecule has 0 saturated carbocycles. The number of carbonyl (C=O) groups is 2. The van der Waals surface area contributed by atoms with Crippen LogP contribution in [-0.2, 0) is 22.6 Å². The van der Waals surface area contributed by atoms with E-state index in [1.54, 1.807) is 36.4 Å². The lowest BCUT2D eigenvalue weighted by atomic mass is 10.1. The topological polar surface area (TPSA) is 93.8 Å². The summed E-state index contributed by atoms with van der Waals surface area (Å²) < 4.78 is 12.1. The van der Waals surface area contributed by atoms with E-state index in [0.717, 1.165) is 5.56 Å². The Labute approximate surface area is 179 Å². The van der Waals surface area contributed by atoms with Gasteiger partial charge < -0.3 is 19.4 Å². The van der Waals surface area contributed by atoms with Crippen molar-refractivity contribution in [3.05, 3.63) is 70.2 Å². The maximum absolute atomic E-state index is 12.7. The number of oxazole rings is 1. The lowest BCUT2D eigenvalue weighted by Gasteiger charge is -2.35. The molecule has 3 aromatic rings. The molecular formula is C23H25N3O5. The molecule has 0 radical (unpaired) electrons. The Hall–Kier alpha value is -3.39. The standard InChI is InChI=1S/C23H25N3O5/c1-15-12-25(13-16(2)30-15)22(28)18-9-7-17(8-10-18)11-24-21(27)14-26-19-5-3-4-6-20(19)31-23(26)29/h3-10,15-16H,11-14H2,1-2H3,(H,24,27). The van der Waals surface area contributed by atoms with Crippen LogP contribution in [0.1, 0.15) is 29.8 Å². The van der Waals surface area contributed by atoms with Crippen molar-refractivity contribution in [1.82, 2.24) is 14.8 Å². The Bertz CT molecular complexity index is 1140. The third kappa shape index (κ3) is 4.69. The normalized spacial score (nSPS) is 18.8. The Balaban J connectivity index is 1.35. The number of nitrogens with zero attached hydrogens (tertiary/aromatic N) is 2. The molecule has 2 amide bonds. The number of amides is 2. The summed E-state index contributed by atoms with van der Waals surface area (Å²) in [7, 11) is 0. The molecule has 2 unspecified atom stereocenters. The largest absolute Gasteiger partial charge is 0.420 e. The van der Waals surface area contributed by atoms with Crippen LogP contribution in [0.2, 0.25) is 0 Å². The minimum Gasteiger partial charge on any atom is -0.408 e. The van der Waals surface area contributed by atoms with Gasteiger partial charge in [0.1, 0.15) is 6.54 Å². The number of ether oxygens (including phenoxy) is 1. The van der Waals surface area contributed by atoms with E-state index < -0.39 is 5.76 Å². The fraction of sp³-hybridized carbons (Fsp3) is 0.348. The smallest absolute Gasteiger partial charge is 0.408 e. The van der Waals surface area contributed by atoms with Gasteiger partial charge in [-0.3, -0.25) is 14.2 Å². The van der Waals surface area contributed by atoms with Gasteiger partial charge in [0.15, 0.2) is 5.58 Å². The second-order valence-electron chi connectivity index (χ2n) is 7.86. The number of aromatic nitrogens is 1. The van der Waals surface area contributed by atoms with Crippen LogP contribution in [-0.4, -0.2) is 46.6 Å². The molecule has 162 valence electrons. The summed E-state index contributed by atoms with van der Waals surface area (Å²) in [5.74, 6) is -0.889. The number of benzene rings is 2. The average Bonchev–Trinajstić information content (AvgIpc) is 3.06. The molecule has 1 fully saturated rings. The molecule has 2 aromatic carbocycles. The molecule has 0 spiro atoms. The van der Waals surface area contributed by atoms with Gasteiger partial charge in [-0.25, -0.2) is 4.79 Å². The van der Waals surface area contributed by atoms with Crippen LogP contribution in [0.5, 0.6) is 0 Å². The summed E-state index contributed by atoms with van der Waals surface area (Å²) in [4.78, 5) is 38.9. The first-order chi connectivity index (χ1) is 14.9. The molecule has 0 aliphatic carbocycles. The summed E-state index contributed by atoms with van der Waals surface area (Å²) in [6, 6.07) is 14.1. The molecule has 2 atom stereocenters. The highest BCUT2D eigenvalue weighted by Gasteiger charge is 2.26. The Morgan fingerprint density at radius 3 is 2.42 bits per heavy atom. The van der Waals surface area contributed by atoms with E-state index >= 15 is 0 Å².